The molecule has 0 aliphatic heterocycles. The zero-order valence-electron chi connectivity index (χ0n) is 15.5. The monoisotopic (exact) mass is 497 g/mol. The minimum absolute atomic E-state index is 0.0232. The van der Waals surface area contributed by atoms with Gasteiger partial charge in [0.1, 0.15) is 0 Å². The zero-order valence-corrected chi connectivity index (χ0v) is 17.9. The Bertz CT molecular complexity index is 952. The van der Waals surface area contributed by atoms with Crippen LogP contribution in [0.1, 0.15) is 23.2 Å². The van der Waals surface area contributed by atoms with Gasteiger partial charge in [-0.25, -0.2) is 0 Å². The van der Waals surface area contributed by atoms with E-state index in [1.54, 1.807) is 24.3 Å². The number of non-ortho nitro benzene ring substituents is 1. The number of carbonyl (C=O) groups is 3. The molecule has 0 heterocycles. The van der Waals surface area contributed by atoms with E-state index in [4.69, 9.17) is 16.3 Å². The van der Waals surface area contributed by atoms with Crippen LogP contribution in [0.3, 0.4) is 0 Å². The van der Waals surface area contributed by atoms with Gasteiger partial charge in [0.2, 0.25) is 0 Å². The van der Waals surface area contributed by atoms with Crippen LogP contribution in [-0.4, -0.2) is 35.9 Å². The van der Waals surface area contributed by atoms with Crippen molar-refractivity contribution in [3.63, 3.8) is 0 Å². The Labute approximate surface area is 185 Å². The van der Waals surface area contributed by atoms with Crippen LogP contribution >= 0.6 is 27.5 Å². The summed E-state index contributed by atoms with van der Waals surface area (Å²) in [6.45, 7) is -0.238. The fourth-order valence-electron chi connectivity index (χ4n) is 2.26. The maximum Gasteiger partial charge on any atom is 0.306 e. The van der Waals surface area contributed by atoms with Gasteiger partial charge in [-0.05, 0) is 52.7 Å². The van der Waals surface area contributed by atoms with Gasteiger partial charge in [-0.3, -0.25) is 24.5 Å². The maximum absolute atomic E-state index is 11.9. The van der Waals surface area contributed by atoms with Crippen molar-refractivity contribution in [1.29, 1.82) is 0 Å². The van der Waals surface area contributed by atoms with Gasteiger partial charge >= 0.3 is 5.97 Å². The predicted octanol–water partition coefficient (Wildman–Crippen LogP) is 3.70. The number of hydrogen-bond acceptors (Lipinski definition) is 6. The van der Waals surface area contributed by atoms with E-state index in [2.05, 4.69) is 26.6 Å². The number of nitro benzene ring substituents is 1. The molecule has 0 radical (unpaired) electrons. The Morgan fingerprint density at radius 3 is 2.47 bits per heavy atom. The Morgan fingerprint density at radius 2 is 1.83 bits per heavy atom. The van der Waals surface area contributed by atoms with Gasteiger partial charge < -0.3 is 15.4 Å². The summed E-state index contributed by atoms with van der Waals surface area (Å²) in [4.78, 5) is 45.7. The molecule has 0 aromatic heterocycles. The highest BCUT2D eigenvalue weighted by Gasteiger charge is 2.13. The minimum Gasteiger partial charge on any atom is -0.456 e. The molecule has 0 spiro atoms. The first-order valence-electron chi connectivity index (χ1n) is 8.69. The number of nitro groups is 1. The minimum atomic E-state index is -0.589. The second-order valence-electron chi connectivity index (χ2n) is 6.00. The van der Waals surface area contributed by atoms with E-state index in [1.807, 2.05) is 0 Å². The standard InChI is InChI=1S/C19H17BrClN3O6/c20-15-10-14(24(28)29)7-8-16(15)23-17(25)11-30-18(26)2-1-9-22-19(27)12-3-5-13(21)6-4-12/h3-8,10H,1-2,9,11H2,(H,22,27)(H,23,25). The van der Waals surface area contributed by atoms with Gasteiger partial charge in [0.15, 0.2) is 6.61 Å². The number of anilines is 1. The molecule has 0 unspecified atom stereocenters. The quantitative estimate of drug-likeness (QED) is 0.235. The number of esters is 1. The Kier molecular flexibility index (Phi) is 8.75. The highest BCUT2D eigenvalue weighted by molar-refractivity contribution is 9.10. The molecule has 0 saturated carbocycles. The van der Waals surface area contributed by atoms with E-state index in [-0.39, 0.29) is 24.6 Å². The summed E-state index contributed by atoms with van der Waals surface area (Å²) in [5.74, 6) is -1.46. The third kappa shape index (κ3) is 7.45. The first kappa shape index (κ1) is 23.3. The van der Waals surface area contributed by atoms with E-state index in [0.29, 0.717) is 27.2 Å². The van der Waals surface area contributed by atoms with Crippen LogP contribution in [0.4, 0.5) is 11.4 Å². The molecule has 158 valence electrons. The molecule has 2 aromatic carbocycles. The number of ether oxygens (including phenoxy) is 1. The van der Waals surface area contributed by atoms with Crippen molar-refractivity contribution in [3.05, 3.63) is 67.6 Å². The topological polar surface area (TPSA) is 128 Å². The van der Waals surface area contributed by atoms with Crippen LogP contribution < -0.4 is 10.6 Å². The van der Waals surface area contributed by atoms with Crippen molar-refractivity contribution in [2.75, 3.05) is 18.5 Å². The average Bonchev–Trinajstić information content (AvgIpc) is 2.71. The number of carbonyl (C=O) groups excluding carboxylic acids is 3. The molecule has 0 aliphatic rings. The second-order valence-corrected chi connectivity index (χ2v) is 7.29. The van der Waals surface area contributed by atoms with E-state index in [1.165, 1.54) is 18.2 Å². The molecule has 0 saturated heterocycles. The summed E-state index contributed by atoms with van der Waals surface area (Å²) in [6, 6.07) is 10.2. The van der Waals surface area contributed by atoms with Crippen molar-refractivity contribution >= 4 is 56.7 Å². The number of amides is 2. The van der Waals surface area contributed by atoms with Crippen LogP contribution in [0.25, 0.3) is 0 Å². The number of halogens is 2. The van der Waals surface area contributed by atoms with Gasteiger partial charge in [-0.2, -0.15) is 0 Å². The van der Waals surface area contributed by atoms with Crippen LogP contribution in [0.15, 0.2) is 46.9 Å². The maximum atomic E-state index is 11.9. The molecule has 30 heavy (non-hydrogen) atoms. The van der Waals surface area contributed by atoms with Crippen molar-refractivity contribution in [1.82, 2.24) is 5.32 Å². The fourth-order valence-corrected chi connectivity index (χ4v) is 2.85. The first-order valence-corrected chi connectivity index (χ1v) is 9.86. The summed E-state index contributed by atoms with van der Waals surface area (Å²) in [7, 11) is 0. The van der Waals surface area contributed by atoms with Gasteiger partial charge in [0.05, 0.1) is 10.6 Å². The molecule has 2 rings (SSSR count). The number of benzene rings is 2. The Balaban J connectivity index is 1.66. The Morgan fingerprint density at radius 1 is 1.13 bits per heavy atom. The summed E-state index contributed by atoms with van der Waals surface area (Å²) < 4.78 is 5.21. The molecular formula is C19H17BrClN3O6. The number of nitrogens with zero attached hydrogens (tertiary/aromatic N) is 1. The SMILES string of the molecule is O=C(COC(=O)CCCNC(=O)c1ccc(Cl)cc1)Nc1ccc([N+](=O)[O-])cc1Br. The highest BCUT2D eigenvalue weighted by Crippen LogP contribution is 2.27. The molecule has 0 fully saturated rings. The molecule has 0 bridgehead atoms. The van der Waals surface area contributed by atoms with Crippen LogP contribution in [0.5, 0.6) is 0 Å². The lowest BCUT2D eigenvalue weighted by Gasteiger charge is -2.08. The molecule has 2 aromatic rings. The lowest BCUT2D eigenvalue weighted by Crippen LogP contribution is -2.25. The molecule has 2 amide bonds. The van der Waals surface area contributed by atoms with Gasteiger partial charge in [0, 0.05) is 40.2 Å². The summed E-state index contributed by atoms with van der Waals surface area (Å²) >= 11 is 8.89. The summed E-state index contributed by atoms with van der Waals surface area (Å²) in [6.07, 6.45) is 0.364. The van der Waals surface area contributed by atoms with Gasteiger partial charge in [-0.1, -0.05) is 11.6 Å². The summed E-state index contributed by atoms with van der Waals surface area (Å²) in [5.41, 5.74) is 0.636. The highest BCUT2D eigenvalue weighted by atomic mass is 79.9. The van der Waals surface area contributed by atoms with Crippen molar-refractivity contribution in [2.45, 2.75) is 12.8 Å². The van der Waals surface area contributed by atoms with E-state index >= 15 is 0 Å². The molecular weight excluding hydrogens is 482 g/mol. The average molecular weight is 499 g/mol. The van der Waals surface area contributed by atoms with Crippen molar-refractivity contribution < 1.29 is 24.0 Å². The van der Waals surface area contributed by atoms with Gasteiger partial charge in [-0.15, -0.1) is 0 Å². The van der Waals surface area contributed by atoms with Gasteiger partial charge in [0.25, 0.3) is 17.5 Å². The van der Waals surface area contributed by atoms with E-state index < -0.39 is 23.4 Å². The zero-order chi connectivity index (χ0) is 22.1. The number of hydrogen-bond donors (Lipinski definition) is 2. The van der Waals surface area contributed by atoms with Crippen molar-refractivity contribution in [2.24, 2.45) is 0 Å². The second kappa shape index (κ2) is 11.3. The predicted molar refractivity (Wildman–Crippen MR) is 113 cm³/mol. The lowest BCUT2D eigenvalue weighted by atomic mass is 10.2. The Hall–Kier alpha value is -2.98. The summed E-state index contributed by atoms with van der Waals surface area (Å²) in [5, 5.41) is 16.4. The van der Waals surface area contributed by atoms with Crippen LogP contribution in [0, 0.1) is 10.1 Å². The van der Waals surface area contributed by atoms with Crippen LogP contribution in [-0.2, 0) is 14.3 Å². The first-order chi connectivity index (χ1) is 14.3. The van der Waals surface area contributed by atoms with E-state index in [0.717, 1.165) is 0 Å². The molecule has 11 heteroatoms. The van der Waals surface area contributed by atoms with Crippen molar-refractivity contribution in [3.8, 4) is 0 Å². The number of rotatable bonds is 9. The third-order valence-corrected chi connectivity index (χ3v) is 4.66. The normalized spacial score (nSPS) is 10.2. The largest absolute Gasteiger partial charge is 0.456 e. The number of nitrogens with one attached hydrogen (secondary N) is 2. The fraction of sp³-hybridized carbons (Fsp3) is 0.211. The molecule has 9 nitrogen and oxygen atoms in total. The van der Waals surface area contributed by atoms with Crippen LogP contribution in [0.2, 0.25) is 5.02 Å². The molecule has 0 atom stereocenters. The van der Waals surface area contributed by atoms with E-state index in [9.17, 15) is 24.5 Å². The molecule has 0 aliphatic carbocycles. The lowest BCUT2D eigenvalue weighted by molar-refractivity contribution is -0.384. The smallest absolute Gasteiger partial charge is 0.306 e. The third-order valence-electron chi connectivity index (χ3n) is 3.75. The molecule has 2 N–H and O–H groups in total.